The molecule has 8 heteroatoms. The van der Waals surface area contributed by atoms with E-state index in [1.165, 1.54) is 11.8 Å². The van der Waals surface area contributed by atoms with Gasteiger partial charge in [-0.05, 0) is 31.2 Å². The van der Waals surface area contributed by atoms with Gasteiger partial charge in [0.05, 0.1) is 12.9 Å². The Bertz CT molecular complexity index is 962. The van der Waals surface area contributed by atoms with Crippen LogP contribution in [0.1, 0.15) is 18.9 Å². The number of carbonyl (C=O) groups is 1. The molecule has 0 N–H and O–H groups in total. The lowest BCUT2D eigenvalue weighted by atomic mass is 10.3. The normalized spacial score (nSPS) is 11.7. The molecule has 0 bridgehead atoms. The Morgan fingerprint density at radius 1 is 1.10 bits per heavy atom. The van der Waals surface area contributed by atoms with Crippen LogP contribution in [0.3, 0.4) is 0 Å². The number of amides is 1. The molecule has 152 valence electrons. The van der Waals surface area contributed by atoms with Crippen LogP contribution < -0.4 is 14.4 Å². The van der Waals surface area contributed by atoms with Crippen LogP contribution in [0.15, 0.2) is 59.8 Å². The van der Waals surface area contributed by atoms with Gasteiger partial charge in [0.2, 0.25) is 5.91 Å². The van der Waals surface area contributed by atoms with Gasteiger partial charge in [0.25, 0.3) is 0 Å². The van der Waals surface area contributed by atoms with Crippen LogP contribution in [0, 0.1) is 0 Å². The zero-order valence-electron chi connectivity index (χ0n) is 16.9. The van der Waals surface area contributed by atoms with Crippen molar-refractivity contribution in [3.8, 4) is 11.5 Å². The summed E-state index contributed by atoms with van der Waals surface area (Å²) in [7, 11) is 5.24. The quantitative estimate of drug-likeness (QED) is 0.525. The molecule has 1 amide bonds. The van der Waals surface area contributed by atoms with Gasteiger partial charge in [-0.3, -0.25) is 4.79 Å². The average Bonchev–Trinajstić information content (AvgIpc) is 3.12. The maximum atomic E-state index is 12.5. The monoisotopic (exact) mass is 412 g/mol. The van der Waals surface area contributed by atoms with Crippen molar-refractivity contribution in [1.29, 1.82) is 0 Å². The third kappa shape index (κ3) is 4.89. The molecule has 0 radical (unpaired) electrons. The minimum Gasteiger partial charge on any atom is -0.493 e. The van der Waals surface area contributed by atoms with Crippen molar-refractivity contribution >= 4 is 23.4 Å². The van der Waals surface area contributed by atoms with Crippen molar-refractivity contribution in [2.45, 2.75) is 18.2 Å². The summed E-state index contributed by atoms with van der Waals surface area (Å²) in [6, 6.07) is 17.0. The van der Waals surface area contributed by atoms with E-state index in [0.29, 0.717) is 22.5 Å². The topological polar surface area (TPSA) is 69.5 Å². The Morgan fingerprint density at radius 3 is 2.45 bits per heavy atom. The highest BCUT2D eigenvalue weighted by Crippen LogP contribution is 2.30. The van der Waals surface area contributed by atoms with Gasteiger partial charge in [0.1, 0.15) is 0 Å². The number of para-hydroxylation sites is 3. The van der Waals surface area contributed by atoms with Gasteiger partial charge in [-0.15, -0.1) is 10.2 Å². The number of aromatic nitrogens is 3. The van der Waals surface area contributed by atoms with Crippen molar-refractivity contribution in [1.82, 2.24) is 14.8 Å². The molecule has 1 heterocycles. The Morgan fingerprint density at radius 2 is 1.76 bits per heavy atom. The van der Waals surface area contributed by atoms with Gasteiger partial charge < -0.3 is 18.9 Å². The van der Waals surface area contributed by atoms with Crippen LogP contribution in [0.4, 0.5) is 5.69 Å². The number of rotatable bonds is 8. The van der Waals surface area contributed by atoms with Crippen LogP contribution in [-0.4, -0.2) is 40.6 Å². The maximum Gasteiger partial charge on any atom is 0.237 e. The van der Waals surface area contributed by atoms with E-state index in [1.54, 1.807) is 19.1 Å². The van der Waals surface area contributed by atoms with Crippen LogP contribution in [0.25, 0.3) is 0 Å². The van der Waals surface area contributed by atoms with Gasteiger partial charge in [-0.25, -0.2) is 0 Å². The van der Waals surface area contributed by atoms with Gasteiger partial charge >= 0.3 is 0 Å². The first-order chi connectivity index (χ1) is 14.0. The number of nitrogens with zero attached hydrogens (tertiary/aromatic N) is 4. The Balaban J connectivity index is 1.64. The van der Waals surface area contributed by atoms with Crippen LogP contribution in [-0.2, 0) is 11.8 Å². The molecule has 0 saturated carbocycles. The maximum absolute atomic E-state index is 12.5. The second-order valence-corrected chi connectivity index (χ2v) is 7.33. The molecule has 2 aromatic carbocycles. The smallest absolute Gasteiger partial charge is 0.237 e. The molecule has 0 aliphatic heterocycles. The number of methoxy groups -OCH3 is 1. The summed E-state index contributed by atoms with van der Waals surface area (Å²) in [6.45, 7) is 1.90. The minimum absolute atomic E-state index is 0.0101. The summed E-state index contributed by atoms with van der Waals surface area (Å²) < 4.78 is 13.2. The fraction of sp³-hybridized carbons (Fsp3) is 0.286. The Kier molecular flexibility index (Phi) is 6.77. The lowest BCUT2D eigenvalue weighted by Crippen LogP contribution is -2.27. The Hall–Kier alpha value is -3.00. The zero-order valence-corrected chi connectivity index (χ0v) is 17.7. The van der Waals surface area contributed by atoms with E-state index in [-0.39, 0.29) is 17.8 Å². The predicted octanol–water partition coefficient (Wildman–Crippen LogP) is 3.72. The third-order valence-electron chi connectivity index (χ3n) is 4.45. The van der Waals surface area contributed by atoms with E-state index >= 15 is 0 Å². The molecular formula is C21H24N4O3S. The fourth-order valence-electron chi connectivity index (χ4n) is 2.78. The number of ether oxygens (including phenoxy) is 2. The molecule has 0 aliphatic rings. The van der Waals surface area contributed by atoms with E-state index < -0.39 is 0 Å². The second-order valence-electron chi connectivity index (χ2n) is 6.39. The SMILES string of the molecule is COc1ccccc1OC(C)c1nnc(SCC(=O)N(C)c2ccccc2)n1C. The molecule has 1 atom stereocenters. The number of thioether (sulfide) groups is 1. The van der Waals surface area contributed by atoms with Crippen molar-refractivity contribution in [2.75, 3.05) is 24.8 Å². The van der Waals surface area contributed by atoms with Crippen LogP contribution in [0.5, 0.6) is 11.5 Å². The molecule has 3 rings (SSSR count). The highest BCUT2D eigenvalue weighted by molar-refractivity contribution is 7.99. The zero-order chi connectivity index (χ0) is 20.8. The summed E-state index contributed by atoms with van der Waals surface area (Å²) in [5.74, 6) is 2.22. The third-order valence-corrected chi connectivity index (χ3v) is 5.45. The number of hydrogen-bond donors (Lipinski definition) is 0. The van der Waals surface area contributed by atoms with E-state index in [1.807, 2.05) is 73.1 Å². The van der Waals surface area contributed by atoms with Gasteiger partial charge in [0.15, 0.2) is 28.6 Å². The van der Waals surface area contributed by atoms with Crippen LogP contribution >= 0.6 is 11.8 Å². The van der Waals surface area contributed by atoms with E-state index in [2.05, 4.69) is 10.2 Å². The highest BCUT2D eigenvalue weighted by Gasteiger charge is 2.20. The number of anilines is 1. The fourth-order valence-corrected chi connectivity index (χ4v) is 3.62. The molecule has 0 fully saturated rings. The standard InChI is InChI=1S/C21H24N4O3S/c1-15(28-18-13-9-8-12-17(18)27-4)20-22-23-21(25(20)3)29-14-19(26)24(2)16-10-6-5-7-11-16/h5-13,15H,14H2,1-4H3. The minimum atomic E-state index is -0.333. The number of carbonyl (C=O) groups excluding carboxylic acids is 1. The summed E-state index contributed by atoms with van der Waals surface area (Å²) >= 11 is 1.35. The summed E-state index contributed by atoms with van der Waals surface area (Å²) in [5.41, 5.74) is 0.857. The molecule has 0 saturated heterocycles. The van der Waals surface area contributed by atoms with Crippen LogP contribution in [0.2, 0.25) is 0 Å². The van der Waals surface area contributed by atoms with Crippen molar-refractivity contribution in [2.24, 2.45) is 7.05 Å². The van der Waals surface area contributed by atoms with Gasteiger partial charge in [0, 0.05) is 19.8 Å². The largest absolute Gasteiger partial charge is 0.493 e. The first-order valence-electron chi connectivity index (χ1n) is 9.14. The number of benzene rings is 2. The van der Waals surface area contributed by atoms with Crippen molar-refractivity contribution in [3.63, 3.8) is 0 Å². The molecule has 0 aliphatic carbocycles. The molecule has 29 heavy (non-hydrogen) atoms. The molecule has 1 unspecified atom stereocenters. The molecule has 7 nitrogen and oxygen atoms in total. The summed E-state index contributed by atoms with van der Waals surface area (Å²) in [6.07, 6.45) is -0.333. The van der Waals surface area contributed by atoms with E-state index in [0.717, 1.165) is 5.69 Å². The van der Waals surface area contributed by atoms with Gasteiger partial charge in [-0.1, -0.05) is 42.1 Å². The molecular weight excluding hydrogens is 388 g/mol. The Labute approximate surface area is 174 Å². The molecule has 1 aromatic heterocycles. The first-order valence-corrected chi connectivity index (χ1v) is 10.1. The summed E-state index contributed by atoms with van der Waals surface area (Å²) in [4.78, 5) is 14.1. The van der Waals surface area contributed by atoms with Crippen molar-refractivity contribution in [3.05, 3.63) is 60.4 Å². The highest BCUT2D eigenvalue weighted by atomic mass is 32.2. The lowest BCUT2D eigenvalue weighted by Gasteiger charge is -2.17. The molecule has 3 aromatic rings. The van der Waals surface area contributed by atoms with E-state index in [4.69, 9.17) is 9.47 Å². The number of hydrogen-bond acceptors (Lipinski definition) is 6. The lowest BCUT2D eigenvalue weighted by molar-refractivity contribution is -0.115. The first kappa shape index (κ1) is 20.7. The predicted molar refractivity (Wildman–Crippen MR) is 114 cm³/mol. The summed E-state index contributed by atoms with van der Waals surface area (Å²) in [5, 5.41) is 9.13. The van der Waals surface area contributed by atoms with E-state index in [9.17, 15) is 4.79 Å². The average molecular weight is 413 g/mol. The van der Waals surface area contributed by atoms with Crippen molar-refractivity contribution < 1.29 is 14.3 Å². The molecule has 0 spiro atoms. The van der Waals surface area contributed by atoms with Gasteiger partial charge in [-0.2, -0.15) is 0 Å². The second kappa shape index (κ2) is 9.47.